The van der Waals surface area contributed by atoms with E-state index in [4.69, 9.17) is 9.47 Å². The highest BCUT2D eigenvalue weighted by Crippen LogP contribution is 2.32. The minimum atomic E-state index is -4.42. The number of aromatic nitrogens is 2. The highest BCUT2D eigenvalue weighted by atomic mass is 19.4. The van der Waals surface area contributed by atoms with Crippen LogP contribution in [0, 0.1) is 0 Å². The van der Waals surface area contributed by atoms with Crippen LogP contribution in [0.1, 0.15) is 19.4 Å². The number of hydrogen-bond donors (Lipinski definition) is 0. The van der Waals surface area contributed by atoms with Gasteiger partial charge in [0.15, 0.2) is 0 Å². The van der Waals surface area contributed by atoms with E-state index in [2.05, 4.69) is 10.2 Å². The molecule has 21 heavy (non-hydrogen) atoms. The molecule has 1 aromatic heterocycles. The normalized spacial score (nSPS) is 11.5. The first-order valence-corrected chi connectivity index (χ1v) is 6.20. The highest BCUT2D eigenvalue weighted by Gasteiger charge is 2.30. The smallest absolute Gasteiger partial charge is 0.416 e. The van der Waals surface area contributed by atoms with Crippen molar-refractivity contribution in [1.82, 2.24) is 10.2 Å². The number of halogens is 3. The number of hydrogen-bond acceptors (Lipinski definition) is 4. The molecule has 7 heteroatoms. The van der Waals surface area contributed by atoms with E-state index in [1.165, 1.54) is 24.3 Å². The van der Waals surface area contributed by atoms with E-state index in [9.17, 15) is 13.2 Å². The lowest BCUT2D eigenvalue weighted by Crippen LogP contribution is -2.07. The lowest BCUT2D eigenvalue weighted by molar-refractivity contribution is -0.137. The van der Waals surface area contributed by atoms with Gasteiger partial charge in [0.1, 0.15) is 5.75 Å². The SMILES string of the molecule is CC(C)Oc1ccc(Oc2cccc(C(F)(F)F)c2)nn1. The summed E-state index contributed by atoms with van der Waals surface area (Å²) in [5, 5.41) is 7.51. The maximum absolute atomic E-state index is 12.6. The van der Waals surface area contributed by atoms with Crippen molar-refractivity contribution in [3.63, 3.8) is 0 Å². The van der Waals surface area contributed by atoms with Crippen molar-refractivity contribution in [2.24, 2.45) is 0 Å². The van der Waals surface area contributed by atoms with Crippen molar-refractivity contribution in [3.8, 4) is 17.5 Å². The maximum atomic E-state index is 12.6. The predicted molar refractivity (Wildman–Crippen MR) is 69.3 cm³/mol. The summed E-state index contributed by atoms with van der Waals surface area (Å²) in [6, 6.07) is 7.57. The fourth-order valence-electron chi connectivity index (χ4n) is 1.52. The number of benzene rings is 1. The Balaban J connectivity index is 2.11. The van der Waals surface area contributed by atoms with Crippen molar-refractivity contribution in [1.29, 1.82) is 0 Å². The molecular formula is C14H13F3N2O2. The van der Waals surface area contributed by atoms with Crippen LogP contribution in [0.25, 0.3) is 0 Å². The zero-order valence-corrected chi connectivity index (χ0v) is 11.4. The molecule has 0 spiro atoms. The standard InChI is InChI=1S/C14H13F3N2O2/c1-9(2)20-12-6-7-13(19-18-12)21-11-5-3-4-10(8-11)14(15,16)17/h3-9H,1-2H3. The van der Waals surface area contributed by atoms with Gasteiger partial charge in [0.25, 0.3) is 0 Å². The van der Waals surface area contributed by atoms with Gasteiger partial charge in [-0.25, -0.2) is 0 Å². The molecule has 1 heterocycles. The van der Waals surface area contributed by atoms with Crippen molar-refractivity contribution in [3.05, 3.63) is 42.0 Å². The Morgan fingerprint density at radius 2 is 1.67 bits per heavy atom. The van der Waals surface area contributed by atoms with Crippen LogP contribution in [0.4, 0.5) is 13.2 Å². The zero-order chi connectivity index (χ0) is 15.5. The summed E-state index contributed by atoms with van der Waals surface area (Å²) < 4.78 is 48.3. The largest absolute Gasteiger partial charge is 0.474 e. The number of ether oxygens (including phenoxy) is 2. The van der Waals surface area contributed by atoms with Crippen LogP contribution in [0.15, 0.2) is 36.4 Å². The Morgan fingerprint density at radius 3 is 2.24 bits per heavy atom. The second kappa shape index (κ2) is 5.99. The van der Waals surface area contributed by atoms with Crippen LogP contribution >= 0.6 is 0 Å². The summed E-state index contributed by atoms with van der Waals surface area (Å²) >= 11 is 0. The van der Waals surface area contributed by atoms with E-state index >= 15 is 0 Å². The summed E-state index contributed by atoms with van der Waals surface area (Å²) in [4.78, 5) is 0. The zero-order valence-electron chi connectivity index (χ0n) is 11.4. The van der Waals surface area contributed by atoms with E-state index in [1.54, 1.807) is 0 Å². The fraction of sp³-hybridized carbons (Fsp3) is 0.286. The molecule has 0 radical (unpaired) electrons. The molecule has 112 valence electrons. The Bertz CT molecular complexity index is 598. The molecular weight excluding hydrogens is 285 g/mol. The fourth-order valence-corrected chi connectivity index (χ4v) is 1.52. The average molecular weight is 298 g/mol. The lowest BCUT2D eigenvalue weighted by atomic mass is 10.2. The van der Waals surface area contributed by atoms with E-state index in [0.29, 0.717) is 5.88 Å². The summed E-state index contributed by atoms with van der Waals surface area (Å²) in [5.41, 5.74) is -0.785. The molecule has 1 aromatic carbocycles. The van der Waals surface area contributed by atoms with E-state index < -0.39 is 11.7 Å². The molecule has 4 nitrogen and oxygen atoms in total. The van der Waals surface area contributed by atoms with Crippen molar-refractivity contribution < 1.29 is 22.6 Å². The Kier molecular flexibility index (Phi) is 4.30. The van der Waals surface area contributed by atoms with E-state index in [1.807, 2.05) is 13.8 Å². The van der Waals surface area contributed by atoms with Gasteiger partial charge >= 0.3 is 6.18 Å². The Morgan fingerprint density at radius 1 is 1.00 bits per heavy atom. The van der Waals surface area contributed by atoms with Gasteiger partial charge in [0, 0.05) is 12.1 Å². The van der Waals surface area contributed by atoms with Crippen LogP contribution in [0.2, 0.25) is 0 Å². The second-order valence-corrected chi connectivity index (χ2v) is 4.50. The minimum absolute atomic E-state index is 0.0386. The van der Waals surface area contributed by atoms with Crippen LogP contribution in [0.5, 0.6) is 17.5 Å². The van der Waals surface area contributed by atoms with E-state index in [-0.39, 0.29) is 17.7 Å². The molecule has 0 amide bonds. The topological polar surface area (TPSA) is 44.2 Å². The van der Waals surface area contributed by atoms with Crippen LogP contribution in [-0.4, -0.2) is 16.3 Å². The summed E-state index contributed by atoms with van der Waals surface area (Å²) in [6.07, 6.45) is -4.46. The molecule has 0 bridgehead atoms. The van der Waals surface area contributed by atoms with Gasteiger partial charge in [-0.3, -0.25) is 0 Å². The van der Waals surface area contributed by atoms with Gasteiger partial charge in [0.2, 0.25) is 11.8 Å². The number of alkyl halides is 3. The molecule has 0 N–H and O–H groups in total. The Hall–Kier alpha value is -2.31. The van der Waals surface area contributed by atoms with Crippen molar-refractivity contribution in [2.45, 2.75) is 26.1 Å². The quantitative estimate of drug-likeness (QED) is 0.853. The average Bonchev–Trinajstić information content (AvgIpc) is 2.40. The third-order valence-corrected chi connectivity index (χ3v) is 2.36. The first kappa shape index (κ1) is 15.1. The molecule has 0 unspecified atom stereocenters. The van der Waals surface area contributed by atoms with Crippen molar-refractivity contribution >= 4 is 0 Å². The molecule has 0 fully saturated rings. The predicted octanol–water partition coefficient (Wildman–Crippen LogP) is 4.07. The Labute approximate surface area is 119 Å². The van der Waals surface area contributed by atoms with Crippen LogP contribution < -0.4 is 9.47 Å². The van der Waals surface area contributed by atoms with Crippen molar-refractivity contribution in [2.75, 3.05) is 0 Å². The third kappa shape index (κ3) is 4.34. The minimum Gasteiger partial charge on any atom is -0.474 e. The molecule has 0 aliphatic heterocycles. The van der Waals surface area contributed by atoms with Gasteiger partial charge < -0.3 is 9.47 Å². The van der Waals surface area contributed by atoms with Gasteiger partial charge in [-0.05, 0) is 32.0 Å². The molecule has 0 saturated carbocycles. The molecule has 0 aliphatic rings. The number of rotatable bonds is 4. The van der Waals surface area contributed by atoms with Gasteiger partial charge in [-0.15, -0.1) is 10.2 Å². The first-order valence-electron chi connectivity index (χ1n) is 6.20. The summed E-state index contributed by atoms with van der Waals surface area (Å²) in [6.45, 7) is 3.68. The molecule has 0 saturated heterocycles. The van der Waals surface area contributed by atoms with Gasteiger partial charge in [-0.1, -0.05) is 6.07 Å². The van der Waals surface area contributed by atoms with E-state index in [0.717, 1.165) is 12.1 Å². The third-order valence-electron chi connectivity index (χ3n) is 2.36. The second-order valence-electron chi connectivity index (χ2n) is 4.50. The molecule has 0 atom stereocenters. The molecule has 2 aromatic rings. The summed E-state index contributed by atoms with van der Waals surface area (Å²) in [7, 11) is 0. The lowest BCUT2D eigenvalue weighted by Gasteiger charge is -2.10. The van der Waals surface area contributed by atoms with Gasteiger partial charge in [0.05, 0.1) is 11.7 Å². The summed E-state index contributed by atoms with van der Waals surface area (Å²) in [5.74, 6) is 0.448. The molecule has 0 aliphatic carbocycles. The first-order chi connectivity index (χ1) is 9.84. The van der Waals surface area contributed by atoms with Crippen LogP contribution in [0.3, 0.4) is 0 Å². The van der Waals surface area contributed by atoms with Gasteiger partial charge in [-0.2, -0.15) is 13.2 Å². The highest BCUT2D eigenvalue weighted by molar-refractivity contribution is 5.33. The maximum Gasteiger partial charge on any atom is 0.416 e. The monoisotopic (exact) mass is 298 g/mol. The number of nitrogens with zero attached hydrogens (tertiary/aromatic N) is 2. The van der Waals surface area contributed by atoms with Crippen LogP contribution in [-0.2, 0) is 6.18 Å². The molecule has 2 rings (SSSR count).